The smallest absolute Gasteiger partial charge is 0.554 e. The molecule has 1 atom stereocenters. The Balaban J connectivity index is 0.00000181. The van der Waals surface area contributed by atoms with Gasteiger partial charge in [-0.25, -0.2) is 4.79 Å². The third-order valence-electron chi connectivity index (χ3n) is 5.77. The van der Waals surface area contributed by atoms with E-state index in [-0.39, 0.29) is 50.7 Å². The van der Waals surface area contributed by atoms with E-state index in [9.17, 15) is 4.79 Å². The largest absolute Gasteiger partial charge is 2.00 e. The zero-order valence-corrected chi connectivity index (χ0v) is 23.5. The van der Waals surface area contributed by atoms with E-state index in [0.29, 0.717) is 19.8 Å². The molecule has 0 radical (unpaired) electrons. The van der Waals surface area contributed by atoms with E-state index in [1.807, 2.05) is 60.3 Å². The average molecular weight is 663 g/mol. The first-order valence-electron chi connectivity index (χ1n) is 10.3. The van der Waals surface area contributed by atoms with Crippen molar-refractivity contribution in [1.82, 2.24) is 9.80 Å². The van der Waals surface area contributed by atoms with E-state index in [2.05, 4.69) is 16.3 Å². The number of methoxy groups -OCH3 is 1. The van der Waals surface area contributed by atoms with E-state index < -0.39 is 0 Å². The molecule has 32 heavy (non-hydrogen) atoms. The van der Waals surface area contributed by atoms with E-state index in [4.69, 9.17) is 9.47 Å². The standard InChI is InChI=1S/C23H29N4O3.CH3.U/c1-25(2)19-9-7-18(8-10-19)24-23(28)27-12-11-17-5-4-6-20(29-3)21(17)22(27)26-13-15-30-16-14-26;;/h5-10,22H,11-16H2,1-3H3,(H,24,28);1H3;/q2*-1;+2. The maximum absolute atomic E-state index is 13.3. The minimum Gasteiger partial charge on any atom is -0.554 e. The number of amides is 2. The number of carbonyl (C=O) groups is 1. The van der Waals surface area contributed by atoms with Gasteiger partial charge in [-0.2, -0.15) is 12.1 Å². The quantitative estimate of drug-likeness (QED) is 0.509. The number of nitrogens with one attached hydrogen (secondary N) is 1. The van der Waals surface area contributed by atoms with Gasteiger partial charge in [0.1, 0.15) is 0 Å². The average Bonchev–Trinajstić information content (AvgIpc) is 2.78. The molecule has 1 unspecified atom stereocenters. The number of fused-ring (bicyclic) bond motifs is 1. The van der Waals surface area contributed by atoms with Crippen molar-refractivity contribution in [1.29, 1.82) is 0 Å². The number of hydrogen-bond acceptors (Lipinski definition) is 5. The molecule has 0 spiro atoms. The molecule has 2 aliphatic heterocycles. The molecule has 7 nitrogen and oxygen atoms in total. The number of morpholine rings is 1. The van der Waals surface area contributed by atoms with Crippen molar-refractivity contribution in [2.24, 2.45) is 0 Å². The summed E-state index contributed by atoms with van der Waals surface area (Å²) in [5, 5.41) is 3.08. The monoisotopic (exact) mass is 662 g/mol. The Morgan fingerprint density at radius 2 is 1.84 bits per heavy atom. The van der Waals surface area contributed by atoms with Crippen molar-refractivity contribution in [2.45, 2.75) is 12.6 Å². The van der Waals surface area contributed by atoms with Crippen molar-refractivity contribution in [3.05, 3.63) is 61.0 Å². The van der Waals surface area contributed by atoms with Crippen LogP contribution in [0.2, 0.25) is 0 Å². The Labute approximate surface area is 215 Å². The van der Waals surface area contributed by atoms with Gasteiger partial charge in [0.05, 0.1) is 26.5 Å². The Morgan fingerprint density at radius 3 is 2.47 bits per heavy atom. The third kappa shape index (κ3) is 5.61. The normalized spacial score (nSPS) is 18.0. The first kappa shape index (κ1) is 26.5. The third-order valence-corrected chi connectivity index (χ3v) is 5.77. The van der Waals surface area contributed by atoms with Crippen molar-refractivity contribution >= 4 is 17.4 Å². The Bertz CT molecular complexity index is 871. The number of carbonyl (C=O) groups excluding carboxylic acids is 1. The second-order valence-electron chi connectivity index (χ2n) is 7.80. The molecule has 8 heteroatoms. The number of nitrogens with zero attached hydrogens (tertiary/aromatic N) is 3. The second kappa shape index (κ2) is 11.9. The maximum atomic E-state index is 13.3. The minimum atomic E-state index is -0.191. The molecular formula is C24H32N4O3U. The van der Waals surface area contributed by atoms with Crippen LogP contribution in [0.3, 0.4) is 0 Å². The van der Waals surface area contributed by atoms with E-state index in [1.165, 1.54) is 5.56 Å². The Hall–Kier alpha value is -1.72. The van der Waals surface area contributed by atoms with E-state index in [0.717, 1.165) is 42.2 Å². The SMILES string of the molecule is COc1c[c-]cc2c1C(N1CCOCC1)N(C(=O)Nc1ccc(N(C)C)cc1)CC2.[CH3-].[U+2]. The van der Waals surface area contributed by atoms with Gasteiger partial charge >= 0.3 is 37.1 Å². The summed E-state index contributed by atoms with van der Waals surface area (Å²) in [4.78, 5) is 19.6. The van der Waals surface area contributed by atoms with Crippen molar-refractivity contribution < 1.29 is 45.4 Å². The van der Waals surface area contributed by atoms with Gasteiger partial charge in [0, 0.05) is 50.9 Å². The van der Waals surface area contributed by atoms with Gasteiger partial charge in [-0.05, 0) is 24.3 Å². The van der Waals surface area contributed by atoms with Gasteiger partial charge in [-0.3, -0.25) is 4.90 Å². The fourth-order valence-corrected chi connectivity index (χ4v) is 4.17. The molecule has 0 bridgehead atoms. The van der Waals surface area contributed by atoms with Gasteiger partial charge < -0.3 is 32.0 Å². The molecule has 2 aromatic rings. The van der Waals surface area contributed by atoms with Crippen LogP contribution >= 0.6 is 0 Å². The van der Waals surface area contributed by atoms with Crippen LogP contribution in [0.4, 0.5) is 16.2 Å². The number of hydrogen-bond donors (Lipinski definition) is 1. The first-order valence-corrected chi connectivity index (χ1v) is 10.3. The predicted octanol–water partition coefficient (Wildman–Crippen LogP) is 3.43. The van der Waals surface area contributed by atoms with Crippen LogP contribution in [-0.4, -0.2) is 69.9 Å². The van der Waals surface area contributed by atoms with Gasteiger partial charge in [-0.1, -0.05) is 12.0 Å². The molecular weight excluding hydrogens is 630 g/mol. The molecule has 170 valence electrons. The summed E-state index contributed by atoms with van der Waals surface area (Å²) in [6.45, 7) is 3.50. The number of rotatable bonds is 4. The van der Waals surface area contributed by atoms with Crippen LogP contribution in [-0.2, 0) is 11.2 Å². The minimum absolute atomic E-state index is 0. The summed E-state index contributed by atoms with van der Waals surface area (Å²) < 4.78 is 11.2. The molecule has 2 aliphatic rings. The molecule has 0 saturated carbocycles. The van der Waals surface area contributed by atoms with Crippen LogP contribution in [0.15, 0.2) is 36.4 Å². The Morgan fingerprint density at radius 1 is 1.16 bits per heavy atom. The van der Waals surface area contributed by atoms with Gasteiger partial charge in [0.15, 0.2) is 0 Å². The summed E-state index contributed by atoms with van der Waals surface area (Å²) in [5.74, 6) is 0.775. The fourth-order valence-electron chi connectivity index (χ4n) is 4.17. The van der Waals surface area contributed by atoms with Gasteiger partial charge in [-0.15, -0.1) is 11.6 Å². The Kier molecular flexibility index (Phi) is 9.90. The van der Waals surface area contributed by atoms with Crippen molar-refractivity contribution in [3.8, 4) is 5.75 Å². The fraction of sp³-hybridized carbons (Fsp3) is 0.417. The molecule has 1 saturated heterocycles. The summed E-state index contributed by atoms with van der Waals surface area (Å²) in [5.41, 5.74) is 4.12. The van der Waals surface area contributed by atoms with Gasteiger partial charge in [0.2, 0.25) is 0 Å². The number of anilines is 2. The topological polar surface area (TPSA) is 57.3 Å². The van der Waals surface area contributed by atoms with Gasteiger partial charge in [0.25, 0.3) is 0 Å². The zero-order chi connectivity index (χ0) is 21.1. The number of benzene rings is 2. The predicted molar refractivity (Wildman–Crippen MR) is 124 cm³/mol. The molecule has 0 aliphatic carbocycles. The van der Waals surface area contributed by atoms with E-state index in [1.54, 1.807) is 7.11 Å². The summed E-state index contributed by atoms with van der Waals surface area (Å²) in [6, 6.07) is 14.8. The maximum Gasteiger partial charge on any atom is 2.00 e. The molecule has 1 N–H and O–H groups in total. The molecule has 2 heterocycles. The summed E-state index contributed by atoms with van der Waals surface area (Å²) >= 11 is 0. The van der Waals surface area contributed by atoms with Crippen molar-refractivity contribution in [2.75, 3.05) is 64.3 Å². The molecule has 2 amide bonds. The molecule has 4 rings (SSSR count). The molecule has 0 aromatic heterocycles. The van der Waals surface area contributed by atoms with Crippen LogP contribution in [0.5, 0.6) is 5.75 Å². The van der Waals surface area contributed by atoms with Crippen molar-refractivity contribution in [3.63, 3.8) is 0 Å². The number of ether oxygens (including phenoxy) is 2. The van der Waals surface area contributed by atoms with Crippen LogP contribution in [0, 0.1) is 44.6 Å². The number of urea groups is 1. The molecule has 1 fully saturated rings. The second-order valence-corrected chi connectivity index (χ2v) is 7.80. The van der Waals surface area contributed by atoms with Crippen LogP contribution in [0.25, 0.3) is 0 Å². The zero-order valence-electron chi connectivity index (χ0n) is 19.4. The summed E-state index contributed by atoms with van der Waals surface area (Å²) in [7, 11) is 5.66. The summed E-state index contributed by atoms with van der Waals surface area (Å²) in [6.07, 6.45) is 0.583. The first-order chi connectivity index (χ1) is 14.6. The van der Waals surface area contributed by atoms with Crippen LogP contribution < -0.4 is 15.0 Å². The van der Waals surface area contributed by atoms with E-state index >= 15 is 0 Å². The molecule has 2 aromatic carbocycles. The van der Waals surface area contributed by atoms with Crippen LogP contribution in [0.1, 0.15) is 17.3 Å².